The number of carbonyl (C=O) groups is 1. The van der Waals surface area contributed by atoms with E-state index in [2.05, 4.69) is 34.7 Å². The Morgan fingerprint density at radius 3 is 2.37 bits per heavy atom. The maximum absolute atomic E-state index is 12.0. The molecule has 5 nitrogen and oxygen atoms in total. The molecule has 0 aromatic heterocycles. The van der Waals surface area contributed by atoms with E-state index in [1.54, 1.807) is 0 Å². The van der Waals surface area contributed by atoms with Crippen LogP contribution >= 0.6 is 24.0 Å². The normalized spacial score (nSPS) is 12.0. The number of nitrogens with zero attached hydrogens (tertiary/aromatic N) is 1. The average Bonchev–Trinajstić information content (AvgIpc) is 2.66. The van der Waals surface area contributed by atoms with E-state index in [1.165, 1.54) is 5.56 Å². The van der Waals surface area contributed by atoms with Gasteiger partial charge in [-0.15, -0.1) is 24.0 Å². The lowest BCUT2D eigenvalue weighted by atomic mass is 10.1. The van der Waals surface area contributed by atoms with Gasteiger partial charge < -0.3 is 16.4 Å². The zero-order valence-electron chi connectivity index (χ0n) is 16.2. The Morgan fingerprint density at radius 2 is 1.74 bits per heavy atom. The molecule has 0 radical (unpaired) electrons. The van der Waals surface area contributed by atoms with Crippen molar-refractivity contribution in [2.45, 2.75) is 40.2 Å². The highest BCUT2D eigenvalue weighted by Gasteiger charge is 2.10. The van der Waals surface area contributed by atoms with Crippen LogP contribution in [-0.2, 0) is 17.8 Å². The van der Waals surface area contributed by atoms with Crippen LogP contribution in [0.2, 0.25) is 0 Å². The van der Waals surface area contributed by atoms with Gasteiger partial charge in [0, 0.05) is 17.3 Å². The third-order valence-electron chi connectivity index (χ3n) is 4.32. The topological polar surface area (TPSA) is 79.5 Å². The third-order valence-corrected chi connectivity index (χ3v) is 4.32. The fourth-order valence-corrected chi connectivity index (χ4v) is 2.39. The predicted octanol–water partition coefficient (Wildman–Crippen LogP) is 4.78. The first kappa shape index (κ1) is 23.0. The zero-order chi connectivity index (χ0) is 18.9. The Bertz CT molecular complexity index is 759. The van der Waals surface area contributed by atoms with Crippen molar-refractivity contribution in [1.82, 2.24) is 0 Å². The van der Waals surface area contributed by atoms with Crippen LogP contribution in [-0.4, -0.2) is 11.9 Å². The number of carbonyl (C=O) groups excluding carboxylic acids is 1. The molecular weight excluding hydrogens is 451 g/mol. The fourth-order valence-electron chi connectivity index (χ4n) is 2.39. The second-order valence-electron chi connectivity index (χ2n) is 6.38. The second-order valence-corrected chi connectivity index (χ2v) is 6.38. The largest absolute Gasteiger partial charge is 0.370 e. The molecule has 0 spiro atoms. The van der Waals surface area contributed by atoms with Gasteiger partial charge in [0.15, 0.2) is 5.96 Å². The van der Waals surface area contributed by atoms with Crippen LogP contribution in [0, 0.1) is 5.92 Å². The number of rotatable bonds is 7. The van der Waals surface area contributed by atoms with E-state index in [1.807, 2.05) is 50.2 Å². The van der Waals surface area contributed by atoms with Gasteiger partial charge in [0.25, 0.3) is 0 Å². The Kier molecular flexibility index (Phi) is 9.85. The highest BCUT2D eigenvalue weighted by atomic mass is 127. The summed E-state index contributed by atoms with van der Waals surface area (Å²) < 4.78 is 0. The van der Waals surface area contributed by atoms with Crippen LogP contribution < -0.4 is 16.4 Å². The molecule has 1 unspecified atom stereocenters. The number of nitrogens with one attached hydrogen (secondary N) is 2. The standard InChI is InChI=1S/C21H28N4O.HI/c1-4-15(3)20(26)24-19-8-6-7-17(13-19)14-23-21(22)25-18-11-9-16(5-2)10-12-18;/h6-13,15H,4-5,14H2,1-3H3,(H,24,26)(H3,22,23,25);1H. The number of hydrogen-bond acceptors (Lipinski definition) is 2. The maximum atomic E-state index is 12.0. The van der Waals surface area contributed by atoms with Crippen molar-refractivity contribution < 1.29 is 4.79 Å². The maximum Gasteiger partial charge on any atom is 0.227 e. The molecule has 0 saturated heterocycles. The van der Waals surface area contributed by atoms with Gasteiger partial charge in [-0.2, -0.15) is 0 Å². The number of hydrogen-bond donors (Lipinski definition) is 3. The number of guanidine groups is 1. The Morgan fingerprint density at radius 1 is 1.04 bits per heavy atom. The summed E-state index contributed by atoms with van der Waals surface area (Å²) in [5, 5.41) is 6.03. The lowest BCUT2D eigenvalue weighted by Gasteiger charge is -2.11. The second kappa shape index (κ2) is 11.6. The summed E-state index contributed by atoms with van der Waals surface area (Å²) in [6.07, 6.45) is 1.82. The van der Waals surface area contributed by atoms with Crippen molar-refractivity contribution in [3.05, 3.63) is 59.7 Å². The van der Waals surface area contributed by atoms with E-state index in [4.69, 9.17) is 5.73 Å². The van der Waals surface area contributed by atoms with Gasteiger partial charge in [0.1, 0.15) is 0 Å². The molecule has 6 heteroatoms. The first-order valence-corrected chi connectivity index (χ1v) is 9.07. The lowest BCUT2D eigenvalue weighted by Crippen LogP contribution is -2.22. The highest BCUT2D eigenvalue weighted by Crippen LogP contribution is 2.14. The molecule has 1 amide bonds. The van der Waals surface area contributed by atoms with Crippen molar-refractivity contribution in [3.8, 4) is 0 Å². The van der Waals surface area contributed by atoms with E-state index in [0.29, 0.717) is 12.5 Å². The number of benzene rings is 2. The summed E-state index contributed by atoms with van der Waals surface area (Å²) in [4.78, 5) is 16.4. The molecule has 2 rings (SSSR count). The zero-order valence-corrected chi connectivity index (χ0v) is 18.5. The molecule has 1 atom stereocenters. The summed E-state index contributed by atoms with van der Waals surface area (Å²) in [7, 11) is 0. The van der Waals surface area contributed by atoms with Crippen molar-refractivity contribution >= 4 is 47.2 Å². The van der Waals surface area contributed by atoms with Crippen molar-refractivity contribution in [3.63, 3.8) is 0 Å². The monoisotopic (exact) mass is 480 g/mol. The van der Waals surface area contributed by atoms with Crippen LogP contribution in [0.4, 0.5) is 11.4 Å². The molecule has 0 aliphatic rings. The first-order valence-electron chi connectivity index (χ1n) is 9.07. The molecule has 0 bridgehead atoms. The quantitative estimate of drug-likeness (QED) is 0.303. The molecule has 2 aromatic carbocycles. The molecule has 0 saturated carbocycles. The highest BCUT2D eigenvalue weighted by molar-refractivity contribution is 14.0. The van der Waals surface area contributed by atoms with Crippen molar-refractivity contribution in [2.24, 2.45) is 16.6 Å². The van der Waals surface area contributed by atoms with Crippen molar-refractivity contribution in [2.75, 3.05) is 10.6 Å². The number of aliphatic imine (C=N–C) groups is 1. The van der Waals surface area contributed by atoms with Gasteiger partial charge in [-0.25, -0.2) is 4.99 Å². The molecule has 0 aliphatic heterocycles. The summed E-state index contributed by atoms with van der Waals surface area (Å²) >= 11 is 0. The summed E-state index contributed by atoms with van der Waals surface area (Å²) in [5.41, 5.74) is 9.93. The van der Waals surface area contributed by atoms with Gasteiger partial charge in [-0.3, -0.25) is 4.79 Å². The Hall–Kier alpha value is -2.09. The minimum Gasteiger partial charge on any atom is -0.370 e. The third kappa shape index (κ3) is 7.58. The molecule has 0 aliphatic carbocycles. The van der Waals surface area contributed by atoms with E-state index < -0.39 is 0 Å². The Labute approximate surface area is 178 Å². The molecule has 0 heterocycles. The summed E-state index contributed by atoms with van der Waals surface area (Å²) in [6.45, 7) is 6.49. The van der Waals surface area contributed by atoms with Gasteiger partial charge in [-0.1, -0.05) is 45.0 Å². The number of anilines is 2. The van der Waals surface area contributed by atoms with Gasteiger partial charge in [0.2, 0.25) is 5.91 Å². The molecule has 0 fully saturated rings. The molecule has 27 heavy (non-hydrogen) atoms. The van der Waals surface area contributed by atoms with E-state index in [-0.39, 0.29) is 35.8 Å². The lowest BCUT2D eigenvalue weighted by molar-refractivity contribution is -0.119. The van der Waals surface area contributed by atoms with Gasteiger partial charge in [-0.05, 0) is 48.2 Å². The van der Waals surface area contributed by atoms with Crippen LogP contribution in [0.1, 0.15) is 38.3 Å². The van der Waals surface area contributed by atoms with Crippen LogP contribution in [0.3, 0.4) is 0 Å². The average molecular weight is 480 g/mol. The predicted molar refractivity (Wildman–Crippen MR) is 125 cm³/mol. The SMILES string of the molecule is CCc1ccc(NC(N)=NCc2cccc(NC(=O)C(C)CC)c2)cc1.I. The summed E-state index contributed by atoms with van der Waals surface area (Å²) in [5.74, 6) is 0.392. The first-order chi connectivity index (χ1) is 12.5. The Balaban J connectivity index is 0.00000364. The number of aryl methyl sites for hydroxylation is 1. The number of nitrogens with two attached hydrogens (primary N) is 1. The van der Waals surface area contributed by atoms with Crippen LogP contribution in [0.25, 0.3) is 0 Å². The minimum atomic E-state index is -0.00406. The molecular formula is C21H29IN4O. The smallest absolute Gasteiger partial charge is 0.227 e. The molecule has 2 aromatic rings. The molecule has 4 N–H and O–H groups in total. The van der Waals surface area contributed by atoms with E-state index in [0.717, 1.165) is 29.8 Å². The minimum absolute atomic E-state index is 0. The summed E-state index contributed by atoms with van der Waals surface area (Å²) in [6, 6.07) is 15.8. The van der Waals surface area contributed by atoms with E-state index in [9.17, 15) is 4.79 Å². The van der Waals surface area contributed by atoms with Crippen LogP contribution in [0.15, 0.2) is 53.5 Å². The van der Waals surface area contributed by atoms with E-state index >= 15 is 0 Å². The molecule has 146 valence electrons. The number of halogens is 1. The van der Waals surface area contributed by atoms with Gasteiger partial charge >= 0.3 is 0 Å². The van der Waals surface area contributed by atoms with Gasteiger partial charge in [0.05, 0.1) is 6.54 Å². The number of amides is 1. The van der Waals surface area contributed by atoms with Crippen LogP contribution in [0.5, 0.6) is 0 Å². The van der Waals surface area contributed by atoms with Crippen molar-refractivity contribution in [1.29, 1.82) is 0 Å². The fraction of sp³-hybridized carbons (Fsp3) is 0.333.